The van der Waals surface area contributed by atoms with Crippen LogP contribution >= 0.6 is 0 Å². The normalized spacial score (nSPS) is 11.2. The summed E-state index contributed by atoms with van der Waals surface area (Å²) in [5.74, 6) is -1.20. The van der Waals surface area contributed by atoms with Crippen LogP contribution in [0.4, 0.5) is 5.69 Å². The number of aryl methyl sites for hydroxylation is 2. The highest BCUT2D eigenvalue weighted by Gasteiger charge is 2.29. The number of carbonyl (C=O) groups is 1. The first-order valence-electron chi connectivity index (χ1n) is 7.26. The van der Waals surface area contributed by atoms with Crippen molar-refractivity contribution in [3.63, 3.8) is 0 Å². The summed E-state index contributed by atoms with van der Waals surface area (Å²) in [6.07, 6.45) is 0.609. The highest BCUT2D eigenvalue weighted by molar-refractivity contribution is 7.92. The molecule has 0 amide bonds. The molecule has 0 aliphatic heterocycles. The van der Waals surface area contributed by atoms with E-state index < -0.39 is 22.5 Å². The van der Waals surface area contributed by atoms with Crippen LogP contribution in [0.15, 0.2) is 53.4 Å². The Morgan fingerprint density at radius 2 is 1.74 bits per heavy atom. The Balaban J connectivity index is 2.66. The molecule has 122 valence electrons. The molecule has 0 aromatic heterocycles. The van der Waals surface area contributed by atoms with Gasteiger partial charge in [0, 0.05) is 0 Å². The molecule has 0 saturated heterocycles. The molecule has 0 atom stereocenters. The first-order chi connectivity index (χ1) is 10.9. The number of sulfonamides is 1. The van der Waals surface area contributed by atoms with E-state index in [4.69, 9.17) is 0 Å². The van der Waals surface area contributed by atoms with Gasteiger partial charge in [0.2, 0.25) is 0 Å². The van der Waals surface area contributed by atoms with Crippen LogP contribution in [0, 0.1) is 6.92 Å². The number of benzene rings is 2. The molecule has 0 unspecified atom stereocenters. The van der Waals surface area contributed by atoms with Crippen LogP contribution in [-0.4, -0.2) is 26.0 Å². The Bertz CT molecular complexity index is 801. The molecule has 5 nitrogen and oxygen atoms in total. The third-order valence-corrected chi connectivity index (χ3v) is 5.32. The topological polar surface area (TPSA) is 74.7 Å². The van der Waals surface area contributed by atoms with E-state index in [1.165, 1.54) is 12.1 Å². The number of carboxylic acid groups (broad SMARTS) is 1. The Morgan fingerprint density at radius 3 is 2.30 bits per heavy atom. The zero-order chi connectivity index (χ0) is 17.0. The van der Waals surface area contributed by atoms with Crippen LogP contribution in [-0.2, 0) is 21.2 Å². The van der Waals surface area contributed by atoms with Gasteiger partial charge >= 0.3 is 5.97 Å². The lowest BCUT2D eigenvalue weighted by Gasteiger charge is -2.26. The van der Waals surface area contributed by atoms with Gasteiger partial charge in [0.1, 0.15) is 6.54 Å². The molecule has 6 heteroatoms. The maximum absolute atomic E-state index is 13.0. The molecule has 0 bridgehead atoms. The number of carboxylic acids is 1. The van der Waals surface area contributed by atoms with Crippen molar-refractivity contribution in [3.8, 4) is 0 Å². The lowest BCUT2D eigenvalue weighted by molar-refractivity contribution is -0.135. The summed E-state index contributed by atoms with van der Waals surface area (Å²) in [5, 5.41) is 9.20. The third kappa shape index (κ3) is 3.53. The smallest absolute Gasteiger partial charge is 0.324 e. The summed E-state index contributed by atoms with van der Waals surface area (Å²) in [6, 6.07) is 13.3. The van der Waals surface area contributed by atoms with Gasteiger partial charge in [-0.3, -0.25) is 9.10 Å². The molecule has 2 aromatic carbocycles. The maximum atomic E-state index is 13.0. The standard InChI is InChI=1S/C17H19NO4S/c1-3-14-9-7-8-13(2)17(14)18(12-16(19)20)23(21,22)15-10-5-4-6-11-15/h4-11H,3,12H2,1-2H3,(H,19,20). The molecular formula is C17H19NO4S. The van der Waals surface area contributed by atoms with Crippen molar-refractivity contribution in [1.82, 2.24) is 0 Å². The van der Waals surface area contributed by atoms with Crippen LogP contribution in [0.25, 0.3) is 0 Å². The Labute approximate surface area is 136 Å². The number of para-hydroxylation sites is 1. The molecule has 0 aliphatic carbocycles. The molecule has 2 aromatic rings. The zero-order valence-electron chi connectivity index (χ0n) is 13.1. The molecular weight excluding hydrogens is 314 g/mol. The zero-order valence-corrected chi connectivity index (χ0v) is 13.9. The molecule has 23 heavy (non-hydrogen) atoms. The van der Waals surface area contributed by atoms with Crippen molar-refractivity contribution < 1.29 is 18.3 Å². The molecule has 1 N–H and O–H groups in total. The average Bonchev–Trinajstić information content (AvgIpc) is 2.53. The summed E-state index contributed by atoms with van der Waals surface area (Å²) in [5.41, 5.74) is 1.97. The summed E-state index contributed by atoms with van der Waals surface area (Å²) in [7, 11) is -3.95. The first kappa shape index (κ1) is 17.0. The fourth-order valence-corrected chi connectivity index (χ4v) is 4.03. The van der Waals surface area contributed by atoms with Crippen LogP contribution in [0.2, 0.25) is 0 Å². The van der Waals surface area contributed by atoms with Crippen molar-refractivity contribution >= 4 is 21.7 Å². The Morgan fingerprint density at radius 1 is 1.09 bits per heavy atom. The van der Waals surface area contributed by atoms with E-state index in [1.807, 2.05) is 19.1 Å². The van der Waals surface area contributed by atoms with Gasteiger partial charge in [-0.1, -0.05) is 43.3 Å². The van der Waals surface area contributed by atoms with E-state index in [0.717, 1.165) is 15.4 Å². The van der Waals surface area contributed by atoms with E-state index in [-0.39, 0.29) is 4.90 Å². The van der Waals surface area contributed by atoms with Crippen molar-refractivity contribution in [1.29, 1.82) is 0 Å². The van der Waals surface area contributed by atoms with E-state index in [9.17, 15) is 18.3 Å². The first-order valence-corrected chi connectivity index (χ1v) is 8.70. The van der Waals surface area contributed by atoms with Gasteiger partial charge in [-0.05, 0) is 36.6 Å². The minimum atomic E-state index is -3.95. The quantitative estimate of drug-likeness (QED) is 0.882. The molecule has 0 fully saturated rings. The largest absolute Gasteiger partial charge is 0.480 e. The van der Waals surface area contributed by atoms with Crippen molar-refractivity contribution in [2.45, 2.75) is 25.2 Å². The number of anilines is 1. The van der Waals surface area contributed by atoms with Crippen molar-refractivity contribution in [2.24, 2.45) is 0 Å². The van der Waals surface area contributed by atoms with Crippen molar-refractivity contribution in [2.75, 3.05) is 10.8 Å². The monoisotopic (exact) mass is 333 g/mol. The van der Waals surface area contributed by atoms with Crippen LogP contribution in [0.1, 0.15) is 18.1 Å². The number of hydrogen-bond donors (Lipinski definition) is 1. The van der Waals surface area contributed by atoms with Gasteiger partial charge in [-0.2, -0.15) is 0 Å². The lowest BCUT2D eigenvalue weighted by atomic mass is 10.1. The van der Waals surface area contributed by atoms with Gasteiger partial charge in [0.25, 0.3) is 10.0 Å². The van der Waals surface area contributed by atoms with Gasteiger partial charge < -0.3 is 5.11 Å². The number of rotatable bonds is 6. The van der Waals surface area contributed by atoms with Gasteiger partial charge in [-0.15, -0.1) is 0 Å². The molecule has 0 aliphatic rings. The summed E-state index contributed by atoms with van der Waals surface area (Å²) < 4.78 is 26.9. The number of nitrogens with zero attached hydrogens (tertiary/aromatic N) is 1. The van der Waals surface area contributed by atoms with Gasteiger partial charge in [0.15, 0.2) is 0 Å². The Hall–Kier alpha value is -2.34. The predicted molar refractivity (Wildman–Crippen MR) is 89.2 cm³/mol. The minimum Gasteiger partial charge on any atom is -0.480 e. The van der Waals surface area contributed by atoms with Crippen molar-refractivity contribution in [3.05, 3.63) is 59.7 Å². The van der Waals surface area contributed by atoms with E-state index in [2.05, 4.69) is 0 Å². The predicted octanol–water partition coefficient (Wildman–Crippen LogP) is 2.84. The SMILES string of the molecule is CCc1cccc(C)c1N(CC(=O)O)S(=O)(=O)c1ccccc1. The molecule has 0 spiro atoms. The fourth-order valence-electron chi connectivity index (χ4n) is 2.49. The molecule has 0 heterocycles. The highest BCUT2D eigenvalue weighted by Crippen LogP contribution is 2.30. The Kier molecular flexibility index (Phi) is 5.05. The fraction of sp³-hybridized carbons (Fsp3) is 0.235. The third-order valence-electron chi connectivity index (χ3n) is 3.56. The average molecular weight is 333 g/mol. The van der Waals surface area contributed by atoms with E-state index >= 15 is 0 Å². The van der Waals surface area contributed by atoms with Crippen LogP contribution in [0.5, 0.6) is 0 Å². The molecule has 2 rings (SSSR count). The van der Waals surface area contributed by atoms with Gasteiger partial charge in [0.05, 0.1) is 10.6 Å². The summed E-state index contributed by atoms with van der Waals surface area (Å²) >= 11 is 0. The number of aliphatic carboxylic acids is 1. The second-order valence-electron chi connectivity index (χ2n) is 5.15. The molecule has 0 saturated carbocycles. The van der Waals surface area contributed by atoms with Gasteiger partial charge in [-0.25, -0.2) is 8.42 Å². The van der Waals surface area contributed by atoms with Crippen LogP contribution < -0.4 is 4.31 Å². The minimum absolute atomic E-state index is 0.0755. The number of hydrogen-bond acceptors (Lipinski definition) is 3. The summed E-state index contributed by atoms with van der Waals surface area (Å²) in [4.78, 5) is 11.3. The lowest BCUT2D eigenvalue weighted by Crippen LogP contribution is -2.36. The van der Waals surface area contributed by atoms with Crippen LogP contribution in [0.3, 0.4) is 0 Å². The second kappa shape index (κ2) is 6.83. The summed E-state index contributed by atoms with van der Waals surface area (Å²) in [6.45, 7) is 3.07. The molecule has 0 radical (unpaired) electrons. The van der Waals surface area contributed by atoms with E-state index in [1.54, 1.807) is 31.2 Å². The second-order valence-corrected chi connectivity index (χ2v) is 7.02. The maximum Gasteiger partial charge on any atom is 0.324 e. The van der Waals surface area contributed by atoms with E-state index in [0.29, 0.717) is 12.1 Å². The highest BCUT2D eigenvalue weighted by atomic mass is 32.2.